The smallest absolute Gasteiger partial charge is 0.181 e. The zero-order chi connectivity index (χ0) is 15.2. The van der Waals surface area contributed by atoms with E-state index >= 15 is 0 Å². The molecule has 2 unspecified atom stereocenters. The summed E-state index contributed by atoms with van der Waals surface area (Å²) in [4.78, 5) is 0. The Morgan fingerprint density at radius 1 is 1.24 bits per heavy atom. The minimum absolute atomic E-state index is 0.507. The summed E-state index contributed by atoms with van der Waals surface area (Å²) >= 11 is 0. The summed E-state index contributed by atoms with van der Waals surface area (Å²) in [5, 5.41) is 15.3. The van der Waals surface area contributed by atoms with Gasteiger partial charge < -0.3 is 5.32 Å². The second kappa shape index (κ2) is 7.20. The van der Waals surface area contributed by atoms with E-state index in [2.05, 4.69) is 53.7 Å². The molecule has 0 spiro atoms. The summed E-state index contributed by atoms with van der Waals surface area (Å²) in [5.74, 6) is 1.53. The predicted octanol–water partition coefficient (Wildman–Crippen LogP) is 3.50. The molecule has 0 bridgehead atoms. The summed E-state index contributed by atoms with van der Waals surface area (Å²) in [5.41, 5.74) is 2.16. The zero-order valence-corrected chi connectivity index (χ0v) is 13.4. The van der Waals surface area contributed by atoms with E-state index in [1.165, 1.54) is 12.8 Å². The van der Waals surface area contributed by atoms with E-state index in [1.54, 1.807) is 4.68 Å². The van der Waals surface area contributed by atoms with Gasteiger partial charge in [-0.2, -0.15) is 0 Å². The van der Waals surface area contributed by atoms with Crippen molar-refractivity contribution >= 4 is 5.69 Å². The Kier molecular flexibility index (Phi) is 5.31. The third-order valence-electron chi connectivity index (χ3n) is 3.99. The first-order valence-corrected chi connectivity index (χ1v) is 7.73. The van der Waals surface area contributed by atoms with Gasteiger partial charge in [-0.3, -0.25) is 0 Å². The van der Waals surface area contributed by atoms with Gasteiger partial charge >= 0.3 is 0 Å². The molecule has 0 fully saturated rings. The maximum absolute atomic E-state index is 4.06. The van der Waals surface area contributed by atoms with E-state index in [9.17, 15) is 0 Å². The van der Waals surface area contributed by atoms with Gasteiger partial charge in [0.05, 0.1) is 0 Å². The molecule has 2 atom stereocenters. The molecule has 0 saturated heterocycles. The number of nitrogens with zero attached hydrogens (tertiary/aromatic N) is 4. The average Bonchev–Trinajstić information content (AvgIpc) is 2.92. The van der Waals surface area contributed by atoms with Crippen molar-refractivity contribution < 1.29 is 0 Å². The minimum Gasteiger partial charge on any atom is -0.382 e. The normalized spacial score (nSPS) is 13.9. The van der Waals surface area contributed by atoms with Crippen LogP contribution in [0.5, 0.6) is 0 Å². The molecule has 0 radical (unpaired) electrons. The first-order chi connectivity index (χ1) is 10.1. The van der Waals surface area contributed by atoms with Gasteiger partial charge in [0.1, 0.15) is 0 Å². The van der Waals surface area contributed by atoms with E-state index in [-0.39, 0.29) is 0 Å². The quantitative estimate of drug-likeness (QED) is 0.846. The van der Waals surface area contributed by atoms with Crippen molar-refractivity contribution in [2.24, 2.45) is 13.0 Å². The number of tetrazole rings is 1. The Hall–Kier alpha value is -1.91. The highest BCUT2D eigenvalue weighted by Crippen LogP contribution is 2.22. The molecule has 1 aromatic heterocycles. The number of aromatic nitrogens is 4. The van der Waals surface area contributed by atoms with E-state index in [0.29, 0.717) is 6.04 Å². The fourth-order valence-electron chi connectivity index (χ4n) is 2.44. The highest BCUT2D eigenvalue weighted by Gasteiger charge is 2.11. The molecule has 0 aliphatic carbocycles. The molecular weight excluding hydrogens is 262 g/mol. The molecule has 114 valence electrons. The van der Waals surface area contributed by atoms with Gasteiger partial charge in [0, 0.05) is 24.3 Å². The van der Waals surface area contributed by atoms with E-state index in [4.69, 9.17) is 0 Å². The third kappa shape index (κ3) is 4.03. The number of anilines is 1. The topological polar surface area (TPSA) is 55.6 Å². The first kappa shape index (κ1) is 15.5. The largest absolute Gasteiger partial charge is 0.382 e. The molecule has 2 rings (SSSR count). The van der Waals surface area contributed by atoms with Gasteiger partial charge in [-0.25, -0.2) is 4.68 Å². The lowest BCUT2D eigenvalue weighted by atomic mass is 9.97. The van der Waals surface area contributed by atoms with Crippen LogP contribution in [-0.2, 0) is 7.05 Å². The lowest BCUT2D eigenvalue weighted by Crippen LogP contribution is -2.21. The molecule has 0 saturated carbocycles. The van der Waals surface area contributed by atoms with Crippen LogP contribution in [0.15, 0.2) is 24.3 Å². The molecule has 1 heterocycles. The lowest BCUT2D eigenvalue weighted by Gasteiger charge is -2.21. The summed E-state index contributed by atoms with van der Waals surface area (Å²) in [6.45, 7) is 6.79. The zero-order valence-electron chi connectivity index (χ0n) is 13.4. The number of benzene rings is 1. The number of rotatable bonds is 7. The van der Waals surface area contributed by atoms with Crippen LogP contribution in [0, 0.1) is 5.92 Å². The summed E-state index contributed by atoms with van der Waals surface area (Å²) in [6, 6.07) is 8.81. The van der Waals surface area contributed by atoms with Crippen LogP contribution in [0.2, 0.25) is 0 Å². The summed E-state index contributed by atoms with van der Waals surface area (Å²) in [7, 11) is 1.85. The maximum Gasteiger partial charge on any atom is 0.181 e. The predicted molar refractivity (Wildman–Crippen MR) is 86.0 cm³/mol. The van der Waals surface area contributed by atoms with Crippen molar-refractivity contribution in [1.29, 1.82) is 0 Å². The fourth-order valence-corrected chi connectivity index (χ4v) is 2.44. The second-order valence-electron chi connectivity index (χ2n) is 5.71. The van der Waals surface area contributed by atoms with E-state index in [1.807, 2.05) is 19.2 Å². The molecule has 1 aromatic carbocycles. The molecular formula is C16H25N5. The van der Waals surface area contributed by atoms with Crippen molar-refractivity contribution in [1.82, 2.24) is 20.2 Å². The lowest BCUT2D eigenvalue weighted by molar-refractivity contribution is 0.462. The summed E-state index contributed by atoms with van der Waals surface area (Å²) < 4.78 is 1.69. The Labute approximate surface area is 126 Å². The number of hydrogen-bond acceptors (Lipinski definition) is 4. The van der Waals surface area contributed by atoms with Gasteiger partial charge in [-0.1, -0.05) is 39.3 Å². The Bertz CT molecular complexity index is 563. The van der Waals surface area contributed by atoms with Crippen molar-refractivity contribution in [3.63, 3.8) is 0 Å². The molecule has 0 aliphatic heterocycles. The standard InChI is InChI=1S/C16H25N5/c1-5-12(3)10-14(6-2)17-15-9-7-8-13(11-15)16-18-19-20-21(16)4/h7-9,11-12,14,17H,5-6,10H2,1-4H3. The van der Waals surface area contributed by atoms with Gasteiger partial charge in [-0.05, 0) is 41.3 Å². The first-order valence-electron chi connectivity index (χ1n) is 7.73. The number of aryl methyl sites for hydroxylation is 1. The van der Waals surface area contributed by atoms with Crippen molar-refractivity contribution in [3.05, 3.63) is 24.3 Å². The van der Waals surface area contributed by atoms with Gasteiger partial charge in [0.25, 0.3) is 0 Å². The van der Waals surface area contributed by atoms with E-state index < -0.39 is 0 Å². The van der Waals surface area contributed by atoms with Gasteiger partial charge in [0.15, 0.2) is 5.82 Å². The highest BCUT2D eigenvalue weighted by molar-refractivity contribution is 5.62. The Balaban J connectivity index is 2.12. The molecule has 5 nitrogen and oxygen atoms in total. The van der Waals surface area contributed by atoms with Crippen LogP contribution in [0.4, 0.5) is 5.69 Å². The summed E-state index contributed by atoms with van der Waals surface area (Å²) in [6.07, 6.45) is 3.55. The fraction of sp³-hybridized carbons (Fsp3) is 0.562. The van der Waals surface area contributed by atoms with Crippen molar-refractivity contribution in [3.8, 4) is 11.4 Å². The second-order valence-corrected chi connectivity index (χ2v) is 5.71. The van der Waals surface area contributed by atoms with Crippen LogP contribution in [0.3, 0.4) is 0 Å². The number of nitrogens with one attached hydrogen (secondary N) is 1. The third-order valence-corrected chi connectivity index (χ3v) is 3.99. The molecule has 0 aliphatic rings. The highest BCUT2D eigenvalue weighted by atomic mass is 15.5. The minimum atomic E-state index is 0.507. The van der Waals surface area contributed by atoms with Crippen LogP contribution >= 0.6 is 0 Å². The van der Waals surface area contributed by atoms with Crippen LogP contribution < -0.4 is 5.32 Å². The van der Waals surface area contributed by atoms with Crippen molar-refractivity contribution in [2.45, 2.75) is 46.1 Å². The molecule has 0 amide bonds. The molecule has 1 N–H and O–H groups in total. The average molecular weight is 287 g/mol. The molecule has 5 heteroatoms. The maximum atomic E-state index is 4.06. The number of hydrogen-bond donors (Lipinski definition) is 1. The van der Waals surface area contributed by atoms with Crippen LogP contribution in [0.1, 0.15) is 40.0 Å². The Morgan fingerprint density at radius 2 is 2.05 bits per heavy atom. The monoisotopic (exact) mass is 287 g/mol. The molecule has 21 heavy (non-hydrogen) atoms. The van der Waals surface area contributed by atoms with Crippen molar-refractivity contribution in [2.75, 3.05) is 5.32 Å². The Morgan fingerprint density at radius 3 is 2.67 bits per heavy atom. The van der Waals surface area contributed by atoms with E-state index in [0.717, 1.165) is 29.4 Å². The van der Waals surface area contributed by atoms with Crippen LogP contribution in [0.25, 0.3) is 11.4 Å². The SMILES string of the molecule is CCC(C)CC(CC)Nc1cccc(-c2nnnn2C)c1. The molecule has 2 aromatic rings. The van der Waals surface area contributed by atoms with Gasteiger partial charge in [0.2, 0.25) is 0 Å². The van der Waals surface area contributed by atoms with Gasteiger partial charge in [-0.15, -0.1) is 5.10 Å². The van der Waals surface area contributed by atoms with Crippen LogP contribution in [-0.4, -0.2) is 26.2 Å².